The van der Waals surface area contributed by atoms with Crippen molar-refractivity contribution in [3.05, 3.63) is 29.8 Å². The Balaban J connectivity index is 1.93. The molecule has 122 valence electrons. The van der Waals surface area contributed by atoms with Crippen LogP contribution in [0.1, 0.15) is 51.5 Å². The molecular formula is C18H27NO3. The molecule has 2 rings (SSSR count). The zero-order valence-electron chi connectivity index (χ0n) is 13.8. The van der Waals surface area contributed by atoms with Crippen molar-refractivity contribution in [2.75, 3.05) is 13.2 Å². The molecule has 4 heteroatoms. The number of hydrogen-bond donors (Lipinski definition) is 2. The van der Waals surface area contributed by atoms with Crippen molar-refractivity contribution in [3.8, 4) is 5.75 Å². The first-order valence-electron chi connectivity index (χ1n) is 8.11. The van der Waals surface area contributed by atoms with Gasteiger partial charge < -0.3 is 15.2 Å². The summed E-state index contributed by atoms with van der Waals surface area (Å²) >= 11 is 0. The molecule has 2 N–H and O–H groups in total. The maximum atomic E-state index is 12.5. The van der Waals surface area contributed by atoms with Crippen molar-refractivity contribution in [2.45, 2.75) is 51.6 Å². The van der Waals surface area contributed by atoms with Crippen LogP contribution >= 0.6 is 0 Å². The van der Waals surface area contributed by atoms with Crippen LogP contribution in [-0.4, -0.2) is 29.8 Å². The van der Waals surface area contributed by atoms with Crippen LogP contribution in [-0.2, 0) is 4.79 Å². The lowest BCUT2D eigenvalue weighted by Gasteiger charge is -2.28. The van der Waals surface area contributed by atoms with Gasteiger partial charge in [-0.3, -0.25) is 4.79 Å². The number of benzene rings is 1. The number of aliphatic hydroxyl groups is 1. The third kappa shape index (κ3) is 4.47. The fraction of sp³-hybridized carbons (Fsp3) is 0.611. The molecule has 0 saturated carbocycles. The first-order chi connectivity index (χ1) is 10.4. The summed E-state index contributed by atoms with van der Waals surface area (Å²) in [4.78, 5) is 12.5. The van der Waals surface area contributed by atoms with E-state index in [9.17, 15) is 9.90 Å². The monoisotopic (exact) mass is 305 g/mol. The van der Waals surface area contributed by atoms with Crippen LogP contribution in [0.2, 0.25) is 0 Å². The summed E-state index contributed by atoms with van der Waals surface area (Å²) in [5, 5.41) is 13.3. The van der Waals surface area contributed by atoms with Crippen LogP contribution in [0.4, 0.5) is 0 Å². The average molecular weight is 305 g/mol. The number of hydrogen-bond acceptors (Lipinski definition) is 3. The molecule has 0 bridgehead atoms. The summed E-state index contributed by atoms with van der Waals surface area (Å²) in [6.07, 6.45) is 2.31. The van der Waals surface area contributed by atoms with Crippen LogP contribution in [0.3, 0.4) is 0 Å². The van der Waals surface area contributed by atoms with Crippen LogP contribution in [0.25, 0.3) is 0 Å². The van der Waals surface area contributed by atoms with E-state index in [1.807, 2.05) is 24.3 Å². The predicted molar refractivity (Wildman–Crippen MR) is 87.0 cm³/mol. The van der Waals surface area contributed by atoms with E-state index in [-0.39, 0.29) is 18.4 Å². The second kappa shape index (κ2) is 7.14. The highest BCUT2D eigenvalue weighted by atomic mass is 16.5. The second-order valence-electron chi connectivity index (χ2n) is 6.87. The highest BCUT2D eigenvalue weighted by Crippen LogP contribution is 2.33. The number of nitrogens with one attached hydrogen (secondary N) is 1. The Bertz CT molecular complexity index is 511. The maximum Gasteiger partial charge on any atom is 0.227 e. The normalized spacial score (nSPS) is 20.0. The van der Waals surface area contributed by atoms with Crippen LogP contribution in [0.5, 0.6) is 5.75 Å². The molecule has 1 aliphatic heterocycles. The molecule has 1 amide bonds. The molecule has 0 fully saturated rings. The van der Waals surface area contributed by atoms with Crippen molar-refractivity contribution in [2.24, 2.45) is 5.92 Å². The summed E-state index contributed by atoms with van der Waals surface area (Å²) in [5.41, 5.74) is 0.0815. The third-order valence-electron chi connectivity index (χ3n) is 4.18. The van der Waals surface area contributed by atoms with E-state index >= 15 is 0 Å². The number of rotatable bonds is 6. The molecule has 1 heterocycles. The van der Waals surface area contributed by atoms with E-state index in [0.717, 1.165) is 17.7 Å². The fourth-order valence-electron chi connectivity index (χ4n) is 2.70. The quantitative estimate of drug-likeness (QED) is 0.849. The summed E-state index contributed by atoms with van der Waals surface area (Å²) in [7, 11) is 0. The highest BCUT2D eigenvalue weighted by molar-refractivity contribution is 5.84. The van der Waals surface area contributed by atoms with Gasteiger partial charge in [0.2, 0.25) is 5.91 Å². The van der Waals surface area contributed by atoms with Crippen molar-refractivity contribution in [1.29, 1.82) is 0 Å². The molecule has 0 aliphatic carbocycles. The molecule has 0 saturated heterocycles. The largest absolute Gasteiger partial charge is 0.493 e. The molecule has 1 aromatic carbocycles. The van der Waals surface area contributed by atoms with Crippen molar-refractivity contribution in [1.82, 2.24) is 5.32 Å². The molecule has 2 atom stereocenters. The van der Waals surface area contributed by atoms with E-state index in [1.165, 1.54) is 0 Å². The molecule has 0 radical (unpaired) electrons. The van der Waals surface area contributed by atoms with Crippen LogP contribution < -0.4 is 10.1 Å². The molecule has 0 unspecified atom stereocenters. The molecule has 0 aromatic heterocycles. The summed E-state index contributed by atoms with van der Waals surface area (Å²) < 4.78 is 5.58. The Hall–Kier alpha value is -1.55. The van der Waals surface area contributed by atoms with Gasteiger partial charge in [-0.05, 0) is 38.2 Å². The van der Waals surface area contributed by atoms with Crippen LogP contribution in [0.15, 0.2) is 24.3 Å². The summed E-state index contributed by atoms with van der Waals surface area (Å²) in [6, 6.07) is 7.67. The molecule has 1 aliphatic rings. The number of ether oxygens (including phenoxy) is 1. The Morgan fingerprint density at radius 2 is 2.18 bits per heavy atom. The third-order valence-corrected chi connectivity index (χ3v) is 4.18. The van der Waals surface area contributed by atoms with Gasteiger partial charge in [-0.1, -0.05) is 32.0 Å². The molecule has 22 heavy (non-hydrogen) atoms. The number of amides is 1. The fourth-order valence-corrected chi connectivity index (χ4v) is 2.70. The van der Waals surface area contributed by atoms with Crippen molar-refractivity contribution < 1.29 is 14.6 Å². The molecule has 1 aromatic rings. The SMILES string of the molecule is CC(C)CC[C@](C)(O)CNC(=O)[C@H]1CCOc2ccccc21. The Morgan fingerprint density at radius 1 is 1.45 bits per heavy atom. The van der Waals surface area contributed by atoms with Gasteiger partial charge in [-0.2, -0.15) is 0 Å². The second-order valence-corrected chi connectivity index (χ2v) is 6.87. The van der Waals surface area contributed by atoms with E-state index in [4.69, 9.17) is 4.74 Å². The van der Waals surface area contributed by atoms with Crippen molar-refractivity contribution >= 4 is 5.91 Å². The van der Waals surface area contributed by atoms with E-state index in [0.29, 0.717) is 25.4 Å². The van der Waals surface area contributed by atoms with Crippen LogP contribution in [0, 0.1) is 5.92 Å². The molecule has 0 spiro atoms. The van der Waals surface area contributed by atoms with E-state index < -0.39 is 5.60 Å². The van der Waals surface area contributed by atoms with Crippen molar-refractivity contribution in [3.63, 3.8) is 0 Å². The Kier molecular flexibility index (Phi) is 5.46. The predicted octanol–water partition coefficient (Wildman–Crippen LogP) is 2.86. The topological polar surface area (TPSA) is 58.6 Å². The Labute approximate surface area is 132 Å². The smallest absolute Gasteiger partial charge is 0.227 e. The number of fused-ring (bicyclic) bond motifs is 1. The van der Waals surface area contributed by atoms with Gasteiger partial charge in [0.25, 0.3) is 0 Å². The van der Waals surface area contributed by atoms with Gasteiger partial charge in [0, 0.05) is 12.1 Å². The number of carbonyl (C=O) groups excluding carboxylic acids is 1. The molecular weight excluding hydrogens is 278 g/mol. The first-order valence-corrected chi connectivity index (χ1v) is 8.11. The van der Waals surface area contributed by atoms with Gasteiger partial charge >= 0.3 is 0 Å². The minimum Gasteiger partial charge on any atom is -0.493 e. The van der Waals surface area contributed by atoms with Gasteiger partial charge in [0.15, 0.2) is 0 Å². The Morgan fingerprint density at radius 3 is 2.91 bits per heavy atom. The standard InChI is InChI=1S/C18H27NO3/c1-13(2)8-10-18(3,21)12-19-17(20)15-9-11-22-16-7-5-4-6-14(15)16/h4-7,13,15,21H,8-12H2,1-3H3,(H,19,20)/t15-,18-/m0/s1. The van der Waals surface area contributed by atoms with Gasteiger partial charge in [-0.15, -0.1) is 0 Å². The minimum absolute atomic E-state index is 0.0272. The lowest BCUT2D eigenvalue weighted by Crippen LogP contribution is -2.43. The lowest BCUT2D eigenvalue weighted by molar-refractivity contribution is -0.124. The number of para-hydroxylation sites is 1. The summed E-state index contributed by atoms with van der Waals surface area (Å²) in [5.74, 6) is 1.12. The zero-order valence-corrected chi connectivity index (χ0v) is 13.8. The van der Waals surface area contributed by atoms with E-state index in [2.05, 4.69) is 19.2 Å². The van der Waals surface area contributed by atoms with Gasteiger partial charge in [-0.25, -0.2) is 0 Å². The molecule has 4 nitrogen and oxygen atoms in total. The van der Waals surface area contributed by atoms with Gasteiger partial charge in [0.1, 0.15) is 5.75 Å². The minimum atomic E-state index is -0.857. The maximum absolute atomic E-state index is 12.5. The van der Waals surface area contributed by atoms with Gasteiger partial charge in [0.05, 0.1) is 18.1 Å². The highest BCUT2D eigenvalue weighted by Gasteiger charge is 2.29. The average Bonchev–Trinajstić information content (AvgIpc) is 2.50. The van der Waals surface area contributed by atoms with E-state index in [1.54, 1.807) is 6.92 Å². The summed E-state index contributed by atoms with van der Waals surface area (Å²) in [6.45, 7) is 6.89. The number of carbonyl (C=O) groups is 1. The zero-order chi connectivity index (χ0) is 16.2. The first kappa shape index (κ1) is 16.8. The lowest BCUT2D eigenvalue weighted by atomic mass is 9.91.